The van der Waals surface area contributed by atoms with Gasteiger partial charge >= 0.3 is 17.9 Å². The van der Waals surface area contributed by atoms with Crippen LogP contribution in [-0.2, 0) is 6.54 Å². The summed E-state index contributed by atoms with van der Waals surface area (Å²) in [5.41, 5.74) is -1.76. The van der Waals surface area contributed by atoms with Gasteiger partial charge in [-0.3, -0.25) is 4.79 Å². The van der Waals surface area contributed by atoms with Crippen LogP contribution < -0.4 is 9.47 Å². The van der Waals surface area contributed by atoms with Crippen LogP contribution >= 0.6 is 0 Å². The minimum Gasteiger partial charge on any atom is -0.494 e. The van der Waals surface area contributed by atoms with Gasteiger partial charge in [0, 0.05) is 13.1 Å². The van der Waals surface area contributed by atoms with Gasteiger partial charge in [0.25, 0.3) is 5.91 Å². The number of nitrogens with zero attached hydrogens (tertiary/aromatic N) is 1. The highest BCUT2D eigenvalue weighted by Gasteiger charge is 2.28. The number of rotatable bonds is 13. The van der Waals surface area contributed by atoms with Crippen molar-refractivity contribution in [2.75, 3.05) is 13.2 Å². The van der Waals surface area contributed by atoms with Crippen molar-refractivity contribution in [1.82, 2.24) is 4.90 Å². The van der Waals surface area contributed by atoms with Gasteiger partial charge in [-0.05, 0) is 60.5 Å². The second-order valence-electron chi connectivity index (χ2n) is 9.16. The Morgan fingerprint density at radius 3 is 1.62 bits per heavy atom. The molecule has 0 radical (unpaired) electrons. The lowest BCUT2D eigenvalue weighted by molar-refractivity contribution is 0.0643. The van der Waals surface area contributed by atoms with Crippen LogP contribution in [0.4, 0.5) is 0 Å². The van der Waals surface area contributed by atoms with Crippen LogP contribution in [0.1, 0.15) is 53.4 Å². The molecule has 0 heterocycles. The molecule has 4 aromatic carbocycles. The normalized spacial score (nSPS) is 10.5. The number of carbonyl (C=O) groups is 4. The molecular formula is C32H27NO9. The first kappa shape index (κ1) is 29.3. The van der Waals surface area contributed by atoms with Crippen molar-refractivity contribution in [3.05, 3.63) is 125 Å². The van der Waals surface area contributed by atoms with Crippen molar-refractivity contribution < 1.29 is 44.0 Å². The number of ether oxygens (including phenoxy) is 2. The molecule has 4 aromatic rings. The number of hydrogen-bond acceptors (Lipinski definition) is 6. The Balaban J connectivity index is 1.60. The van der Waals surface area contributed by atoms with Crippen LogP contribution in [0.15, 0.2) is 97.1 Å². The lowest BCUT2D eigenvalue weighted by Crippen LogP contribution is -2.34. The number of carboxylic acid groups (broad SMARTS) is 3. The van der Waals surface area contributed by atoms with Crippen molar-refractivity contribution in [2.45, 2.75) is 13.0 Å². The van der Waals surface area contributed by atoms with E-state index < -0.39 is 46.1 Å². The summed E-state index contributed by atoms with van der Waals surface area (Å²) in [4.78, 5) is 50.6. The van der Waals surface area contributed by atoms with Crippen molar-refractivity contribution in [1.29, 1.82) is 0 Å². The molecule has 10 nitrogen and oxygen atoms in total. The van der Waals surface area contributed by atoms with Gasteiger partial charge in [-0.15, -0.1) is 0 Å². The fraction of sp³-hybridized carbons (Fsp3) is 0.125. The first-order chi connectivity index (χ1) is 20.2. The zero-order chi connectivity index (χ0) is 30.1. The lowest BCUT2D eigenvalue weighted by atomic mass is 9.97. The maximum atomic E-state index is 13.8. The molecule has 1 amide bonds. The van der Waals surface area contributed by atoms with Crippen molar-refractivity contribution >= 4 is 23.8 Å². The summed E-state index contributed by atoms with van der Waals surface area (Å²) in [6, 6.07) is 26.8. The molecule has 0 aliphatic carbocycles. The molecular weight excluding hydrogens is 542 g/mol. The number of para-hydroxylation sites is 2. The van der Waals surface area contributed by atoms with E-state index in [1.165, 1.54) is 4.90 Å². The van der Waals surface area contributed by atoms with E-state index in [2.05, 4.69) is 0 Å². The van der Waals surface area contributed by atoms with Gasteiger partial charge in [0.05, 0.1) is 28.9 Å². The second-order valence-corrected chi connectivity index (χ2v) is 9.16. The van der Waals surface area contributed by atoms with Crippen LogP contribution in [0, 0.1) is 0 Å². The molecule has 0 aliphatic heterocycles. The monoisotopic (exact) mass is 569 g/mol. The molecule has 0 spiro atoms. The van der Waals surface area contributed by atoms with Crippen LogP contribution in [0.2, 0.25) is 0 Å². The molecule has 4 rings (SSSR count). The highest BCUT2D eigenvalue weighted by Crippen LogP contribution is 2.24. The third-order valence-electron chi connectivity index (χ3n) is 6.23. The maximum absolute atomic E-state index is 13.8. The smallest absolute Gasteiger partial charge is 0.336 e. The average molecular weight is 570 g/mol. The number of benzene rings is 4. The standard InChI is InChI=1S/C32H27NO9/c34-29(25-18-27(31(37)38)28(32(39)40)19-26(25)30(35)36)33(16-7-17-41-22-8-3-1-4-9-22)20-21-12-14-24(15-13-21)42-23-10-5-2-6-11-23/h1-6,8-15,18-19H,7,16-17,20H2,(H,35,36)(H,37,38)(H,39,40). The molecule has 0 fully saturated rings. The SMILES string of the molecule is O=C(O)c1cc(C(=O)O)c(C(=O)N(CCCOc2ccccc2)Cc2ccc(Oc3ccccc3)cc2)cc1C(=O)O. The van der Waals surface area contributed by atoms with Crippen LogP contribution in [0.5, 0.6) is 17.2 Å². The molecule has 0 unspecified atom stereocenters. The summed E-state index contributed by atoms with van der Waals surface area (Å²) in [6.07, 6.45) is 0.372. The molecule has 0 aliphatic rings. The van der Waals surface area contributed by atoms with E-state index >= 15 is 0 Å². The Kier molecular flexibility index (Phi) is 9.52. The molecule has 42 heavy (non-hydrogen) atoms. The fourth-order valence-corrected chi connectivity index (χ4v) is 4.20. The van der Waals surface area contributed by atoms with E-state index in [1.807, 2.05) is 48.5 Å². The Hall–Kier alpha value is -5.64. The Morgan fingerprint density at radius 2 is 1.07 bits per heavy atom. The minimum atomic E-state index is -1.62. The number of carboxylic acids is 3. The Bertz CT molecular complexity index is 1570. The summed E-state index contributed by atoms with van der Waals surface area (Å²) in [6.45, 7) is 0.440. The van der Waals surface area contributed by atoms with Crippen molar-refractivity contribution in [2.24, 2.45) is 0 Å². The zero-order valence-electron chi connectivity index (χ0n) is 22.3. The van der Waals surface area contributed by atoms with Gasteiger partial charge in [0.1, 0.15) is 17.2 Å². The summed E-state index contributed by atoms with van der Waals surface area (Å²) in [5, 5.41) is 28.8. The summed E-state index contributed by atoms with van der Waals surface area (Å²) < 4.78 is 11.5. The first-order valence-electron chi connectivity index (χ1n) is 12.9. The summed E-state index contributed by atoms with van der Waals surface area (Å²) in [7, 11) is 0. The van der Waals surface area contributed by atoms with Crippen LogP contribution in [-0.4, -0.2) is 57.2 Å². The lowest BCUT2D eigenvalue weighted by Gasteiger charge is -2.24. The topological polar surface area (TPSA) is 151 Å². The quantitative estimate of drug-likeness (QED) is 0.173. The van der Waals surface area contributed by atoms with Crippen molar-refractivity contribution in [3.8, 4) is 17.2 Å². The number of amides is 1. The molecule has 3 N–H and O–H groups in total. The minimum absolute atomic E-state index is 0.0535. The van der Waals surface area contributed by atoms with Gasteiger partial charge in [0.15, 0.2) is 0 Å². The van der Waals surface area contributed by atoms with E-state index in [0.29, 0.717) is 35.3 Å². The van der Waals surface area contributed by atoms with Gasteiger partial charge in [-0.1, -0.05) is 48.5 Å². The van der Waals surface area contributed by atoms with E-state index in [-0.39, 0.29) is 19.7 Å². The maximum Gasteiger partial charge on any atom is 0.336 e. The largest absolute Gasteiger partial charge is 0.494 e. The highest BCUT2D eigenvalue weighted by molar-refractivity contribution is 6.10. The van der Waals surface area contributed by atoms with E-state index in [0.717, 1.165) is 6.07 Å². The zero-order valence-corrected chi connectivity index (χ0v) is 22.3. The second kappa shape index (κ2) is 13.6. The third kappa shape index (κ3) is 7.51. The van der Waals surface area contributed by atoms with Crippen LogP contribution in [0.3, 0.4) is 0 Å². The number of carbonyl (C=O) groups excluding carboxylic acids is 1. The highest BCUT2D eigenvalue weighted by atomic mass is 16.5. The summed E-state index contributed by atoms with van der Waals surface area (Å²) >= 11 is 0. The van der Waals surface area contributed by atoms with Gasteiger partial charge < -0.3 is 29.7 Å². The summed E-state index contributed by atoms with van der Waals surface area (Å²) in [5.74, 6) is -3.68. The average Bonchev–Trinajstić information content (AvgIpc) is 2.99. The van der Waals surface area contributed by atoms with Gasteiger partial charge in [0.2, 0.25) is 0 Å². The van der Waals surface area contributed by atoms with E-state index in [9.17, 15) is 34.5 Å². The van der Waals surface area contributed by atoms with Crippen LogP contribution in [0.25, 0.3) is 0 Å². The predicted molar refractivity (Wildman–Crippen MR) is 152 cm³/mol. The van der Waals surface area contributed by atoms with Gasteiger partial charge in [-0.2, -0.15) is 0 Å². The first-order valence-corrected chi connectivity index (χ1v) is 12.9. The molecule has 10 heteroatoms. The Morgan fingerprint density at radius 1 is 0.595 bits per heavy atom. The number of aromatic carboxylic acids is 3. The van der Waals surface area contributed by atoms with E-state index in [4.69, 9.17) is 9.47 Å². The third-order valence-corrected chi connectivity index (χ3v) is 6.23. The fourth-order valence-electron chi connectivity index (χ4n) is 4.20. The van der Waals surface area contributed by atoms with Crippen molar-refractivity contribution in [3.63, 3.8) is 0 Å². The van der Waals surface area contributed by atoms with E-state index in [1.54, 1.807) is 36.4 Å². The predicted octanol–water partition coefficient (Wildman–Crippen LogP) is 5.69. The molecule has 0 bridgehead atoms. The number of hydrogen-bond donors (Lipinski definition) is 3. The van der Waals surface area contributed by atoms with Gasteiger partial charge in [-0.25, -0.2) is 14.4 Å². The molecule has 0 aromatic heterocycles. The molecule has 0 saturated carbocycles. The molecule has 214 valence electrons. The molecule has 0 saturated heterocycles. The molecule has 0 atom stereocenters. The Labute approximate surface area is 241 Å².